The van der Waals surface area contributed by atoms with E-state index >= 15 is 0 Å². The lowest BCUT2D eigenvalue weighted by Gasteiger charge is -2.04. The predicted molar refractivity (Wildman–Crippen MR) is 68.7 cm³/mol. The van der Waals surface area contributed by atoms with Crippen LogP contribution in [0.3, 0.4) is 0 Å². The fourth-order valence-corrected chi connectivity index (χ4v) is 2.10. The Hall–Kier alpha value is -1.38. The van der Waals surface area contributed by atoms with Gasteiger partial charge in [-0.05, 0) is 6.42 Å². The van der Waals surface area contributed by atoms with Crippen molar-refractivity contribution in [1.29, 1.82) is 0 Å². The molecule has 1 heterocycles. The Morgan fingerprint density at radius 3 is 2.61 bits per heavy atom. The zero-order chi connectivity index (χ0) is 13.2. The molecule has 0 amide bonds. The molecule has 1 aromatic rings. The van der Waals surface area contributed by atoms with Gasteiger partial charge in [0.15, 0.2) is 11.9 Å². The Labute approximate surface area is 109 Å². The normalized spacial score (nSPS) is 10.5. The molecule has 0 bridgehead atoms. The molecule has 1 aromatic heterocycles. The van der Waals surface area contributed by atoms with Crippen molar-refractivity contribution in [2.45, 2.75) is 58.4 Å². The number of unbranched alkanes of at least 4 members (excludes halogenated alkanes) is 5. The van der Waals surface area contributed by atoms with Crippen LogP contribution in [-0.4, -0.2) is 5.97 Å². The van der Waals surface area contributed by atoms with E-state index in [1.165, 1.54) is 32.1 Å². The molecule has 0 aliphatic heterocycles. The van der Waals surface area contributed by atoms with Gasteiger partial charge >= 0.3 is 0 Å². The fraction of sp³-hybridized carbons (Fsp3) is 0.600. The van der Waals surface area contributed by atoms with Crippen LogP contribution in [0, 0.1) is 0 Å². The fourth-order valence-electron chi connectivity index (χ4n) is 2.10. The SMILES string of the molecule is CCCCCCCC[n+]1ccccc1CC(=O)[O-]. The van der Waals surface area contributed by atoms with Crippen molar-refractivity contribution in [2.75, 3.05) is 0 Å². The molecule has 0 radical (unpaired) electrons. The Kier molecular flexibility index (Phi) is 7.07. The average molecular weight is 249 g/mol. The first-order valence-electron chi connectivity index (χ1n) is 6.91. The number of rotatable bonds is 9. The average Bonchev–Trinajstić information content (AvgIpc) is 2.35. The number of pyridine rings is 1. The maximum Gasteiger partial charge on any atom is 0.186 e. The number of carbonyl (C=O) groups is 1. The van der Waals surface area contributed by atoms with Gasteiger partial charge in [-0.3, -0.25) is 0 Å². The molecule has 1 rings (SSSR count). The number of carboxylic acid groups (broad SMARTS) is 1. The molecule has 3 heteroatoms. The van der Waals surface area contributed by atoms with Crippen LogP contribution in [0.1, 0.15) is 51.1 Å². The summed E-state index contributed by atoms with van der Waals surface area (Å²) >= 11 is 0. The highest BCUT2D eigenvalue weighted by molar-refractivity contribution is 5.66. The lowest BCUT2D eigenvalue weighted by atomic mass is 10.1. The summed E-state index contributed by atoms with van der Waals surface area (Å²) in [7, 11) is 0. The van der Waals surface area contributed by atoms with E-state index in [9.17, 15) is 9.90 Å². The second-order valence-electron chi connectivity index (χ2n) is 4.70. The minimum absolute atomic E-state index is 0.00330. The summed E-state index contributed by atoms with van der Waals surface area (Å²) in [6.07, 6.45) is 9.43. The summed E-state index contributed by atoms with van der Waals surface area (Å²) in [4.78, 5) is 10.6. The summed E-state index contributed by atoms with van der Waals surface area (Å²) in [6, 6.07) is 5.67. The first kappa shape index (κ1) is 14.7. The molecule has 3 nitrogen and oxygen atoms in total. The molecule has 0 spiro atoms. The lowest BCUT2D eigenvalue weighted by molar-refractivity contribution is -0.704. The number of carbonyl (C=O) groups excluding carboxylic acids is 1. The topological polar surface area (TPSA) is 44.0 Å². The maximum absolute atomic E-state index is 10.6. The second kappa shape index (κ2) is 8.67. The highest BCUT2D eigenvalue weighted by Gasteiger charge is 2.08. The smallest absolute Gasteiger partial charge is 0.186 e. The molecule has 0 saturated carbocycles. The van der Waals surface area contributed by atoms with Gasteiger partial charge in [-0.1, -0.05) is 38.7 Å². The minimum Gasteiger partial charge on any atom is -0.550 e. The third-order valence-corrected chi connectivity index (χ3v) is 3.11. The molecule has 0 saturated heterocycles. The van der Waals surface area contributed by atoms with E-state index in [2.05, 4.69) is 6.92 Å². The molecule has 100 valence electrons. The van der Waals surface area contributed by atoms with Crippen LogP contribution in [0.15, 0.2) is 24.4 Å². The molecular weight excluding hydrogens is 226 g/mol. The van der Waals surface area contributed by atoms with Gasteiger partial charge in [-0.25, -0.2) is 4.57 Å². The van der Waals surface area contributed by atoms with Gasteiger partial charge in [0.25, 0.3) is 0 Å². The number of aryl methyl sites for hydroxylation is 1. The van der Waals surface area contributed by atoms with E-state index < -0.39 is 5.97 Å². The van der Waals surface area contributed by atoms with Gasteiger partial charge in [0.1, 0.15) is 6.54 Å². The van der Waals surface area contributed by atoms with Crippen LogP contribution in [0.2, 0.25) is 0 Å². The van der Waals surface area contributed by atoms with Gasteiger partial charge in [0.05, 0.1) is 12.4 Å². The van der Waals surface area contributed by atoms with Crippen LogP contribution in [0.4, 0.5) is 0 Å². The molecule has 0 atom stereocenters. The van der Waals surface area contributed by atoms with Crippen LogP contribution in [0.25, 0.3) is 0 Å². The first-order valence-corrected chi connectivity index (χ1v) is 6.91. The summed E-state index contributed by atoms with van der Waals surface area (Å²) in [5.41, 5.74) is 0.825. The standard InChI is InChI=1S/C15H23NO2/c1-2-3-4-5-6-8-11-16-12-9-7-10-14(16)13-15(17)18/h7,9-10,12H,2-6,8,11,13H2,1H3. The van der Waals surface area contributed by atoms with Gasteiger partial charge in [-0.15, -0.1) is 0 Å². The largest absolute Gasteiger partial charge is 0.550 e. The number of aliphatic carboxylic acids is 1. The highest BCUT2D eigenvalue weighted by Crippen LogP contribution is 2.05. The van der Waals surface area contributed by atoms with Crippen LogP contribution in [-0.2, 0) is 17.8 Å². The molecule has 0 unspecified atom stereocenters. The van der Waals surface area contributed by atoms with E-state index in [4.69, 9.17) is 0 Å². The summed E-state index contributed by atoms with van der Waals surface area (Å²) in [5.74, 6) is -1.02. The molecule has 0 aliphatic rings. The van der Waals surface area contributed by atoms with Crippen molar-refractivity contribution in [3.63, 3.8) is 0 Å². The maximum atomic E-state index is 10.6. The van der Waals surface area contributed by atoms with E-state index in [0.29, 0.717) is 0 Å². The number of nitrogens with zero attached hydrogens (tertiary/aromatic N) is 1. The quantitative estimate of drug-likeness (QED) is 0.493. The summed E-state index contributed by atoms with van der Waals surface area (Å²) in [5, 5.41) is 10.6. The number of aromatic nitrogens is 1. The molecule has 0 aliphatic carbocycles. The molecular formula is C15H23NO2. The third-order valence-electron chi connectivity index (χ3n) is 3.11. The van der Waals surface area contributed by atoms with Crippen molar-refractivity contribution in [2.24, 2.45) is 0 Å². The zero-order valence-electron chi connectivity index (χ0n) is 11.2. The van der Waals surface area contributed by atoms with E-state index in [1.54, 1.807) is 0 Å². The van der Waals surface area contributed by atoms with E-state index in [0.717, 1.165) is 18.7 Å². The zero-order valence-corrected chi connectivity index (χ0v) is 11.2. The Morgan fingerprint density at radius 1 is 1.17 bits per heavy atom. The third kappa shape index (κ3) is 5.80. The summed E-state index contributed by atoms with van der Waals surface area (Å²) < 4.78 is 2.02. The predicted octanol–water partition coefficient (Wildman–Crippen LogP) is 1.63. The molecule has 0 fully saturated rings. The minimum atomic E-state index is -1.02. The van der Waals surface area contributed by atoms with E-state index in [-0.39, 0.29) is 6.42 Å². The van der Waals surface area contributed by atoms with Crippen molar-refractivity contribution < 1.29 is 14.5 Å². The highest BCUT2D eigenvalue weighted by atomic mass is 16.4. The Morgan fingerprint density at radius 2 is 1.89 bits per heavy atom. The molecule has 0 aromatic carbocycles. The second-order valence-corrected chi connectivity index (χ2v) is 4.70. The van der Waals surface area contributed by atoms with Gasteiger partial charge in [-0.2, -0.15) is 0 Å². The summed E-state index contributed by atoms with van der Waals surface area (Å²) in [6.45, 7) is 3.11. The van der Waals surface area contributed by atoms with Crippen molar-refractivity contribution in [3.8, 4) is 0 Å². The Bertz CT molecular complexity index is 363. The number of carboxylic acids is 1. The van der Waals surface area contributed by atoms with Crippen LogP contribution < -0.4 is 9.67 Å². The van der Waals surface area contributed by atoms with Crippen LogP contribution >= 0.6 is 0 Å². The van der Waals surface area contributed by atoms with Crippen molar-refractivity contribution >= 4 is 5.97 Å². The van der Waals surface area contributed by atoms with Gasteiger partial charge in [0.2, 0.25) is 0 Å². The number of hydrogen-bond donors (Lipinski definition) is 0. The van der Waals surface area contributed by atoms with Crippen molar-refractivity contribution in [1.82, 2.24) is 0 Å². The number of hydrogen-bond acceptors (Lipinski definition) is 2. The van der Waals surface area contributed by atoms with Gasteiger partial charge < -0.3 is 9.90 Å². The van der Waals surface area contributed by atoms with Crippen molar-refractivity contribution in [3.05, 3.63) is 30.1 Å². The monoisotopic (exact) mass is 249 g/mol. The van der Waals surface area contributed by atoms with Gasteiger partial charge in [0, 0.05) is 18.6 Å². The lowest BCUT2D eigenvalue weighted by Crippen LogP contribution is -2.40. The first-order chi connectivity index (χ1) is 8.74. The Balaban J connectivity index is 2.34. The molecule has 0 N–H and O–H groups in total. The molecule has 18 heavy (non-hydrogen) atoms. The van der Waals surface area contributed by atoms with E-state index in [1.807, 2.05) is 29.0 Å². The van der Waals surface area contributed by atoms with Crippen LogP contribution in [0.5, 0.6) is 0 Å².